The number of aromatic nitrogens is 2. The molecule has 0 aliphatic carbocycles. The van der Waals surface area contributed by atoms with Crippen LogP contribution in [0.2, 0.25) is 0 Å². The van der Waals surface area contributed by atoms with Crippen molar-refractivity contribution in [1.29, 1.82) is 0 Å². The van der Waals surface area contributed by atoms with Crippen molar-refractivity contribution in [2.45, 2.75) is 18.9 Å². The Morgan fingerprint density at radius 3 is 2.70 bits per heavy atom. The lowest BCUT2D eigenvalue weighted by molar-refractivity contribution is -0.0480. The van der Waals surface area contributed by atoms with Crippen LogP contribution in [0.5, 0.6) is 0 Å². The summed E-state index contributed by atoms with van der Waals surface area (Å²) in [7, 11) is 0. The van der Waals surface area contributed by atoms with Gasteiger partial charge in [-0.25, -0.2) is 8.78 Å². The first-order valence-corrected chi connectivity index (χ1v) is 6.14. The number of aliphatic hydroxyl groups is 1. The molecule has 0 spiro atoms. The Hall–Kier alpha value is -1.86. The van der Waals surface area contributed by atoms with E-state index in [-0.39, 0.29) is 12.4 Å². The average Bonchev–Trinajstić information content (AvgIpc) is 2.87. The van der Waals surface area contributed by atoms with E-state index in [0.717, 1.165) is 5.56 Å². The van der Waals surface area contributed by atoms with E-state index < -0.39 is 19.1 Å². The Balaban J connectivity index is 1.84. The summed E-state index contributed by atoms with van der Waals surface area (Å²) in [4.78, 5) is 4.10. The van der Waals surface area contributed by atoms with E-state index in [2.05, 4.69) is 15.5 Å². The Bertz CT molecular complexity index is 531. The summed E-state index contributed by atoms with van der Waals surface area (Å²) >= 11 is 0. The third-order valence-electron chi connectivity index (χ3n) is 2.61. The lowest BCUT2D eigenvalue weighted by Crippen LogP contribution is -2.35. The van der Waals surface area contributed by atoms with Crippen LogP contribution in [-0.4, -0.2) is 34.3 Å². The number of hydrogen-bond acceptors (Lipinski definition) is 5. The molecule has 1 heterocycles. The van der Waals surface area contributed by atoms with E-state index in [0.29, 0.717) is 12.2 Å². The van der Waals surface area contributed by atoms with Gasteiger partial charge in [-0.1, -0.05) is 35.5 Å². The molecule has 5 nitrogen and oxygen atoms in total. The van der Waals surface area contributed by atoms with Crippen LogP contribution in [0.4, 0.5) is 8.78 Å². The van der Waals surface area contributed by atoms with Crippen molar-refractivity contribution in [1.82, 2.24) is 15.5 Å². The highest BCUT2D eigenvalue weighted by molar-refractivity contribution is 5.18. The van der Waals surface area contributed by atoms with Gasteiger partial charge in [0, 0.05) is 6.42 Å². The minimum absolute atomic E-state index is 0.0391. The average molecular weight is 283 g/mol. The maximum Gasteiger partial charge on any atom is 0.282 e. The maximum absolute atomic E-state index is 12.8. The smallest absolute Gasteiger partial charge is 0.282 e. The van der Waals surface area contributed by atoms with Gasteiger partial charge in [-0.15, -0.1) is 0 Å². The summed E-state index contributed by atoms with van der Waals surface area (Å²) in [5.74, 6) is -2.40. The molecule has 0 radical (unpaired) electrons. The van der Waals surface area contributed by atoms with Crippen LogP contribution in [0, 0.1) is 0 Å². The molecule has 0 aliphatic heterocycles. The van der Waals surface area contributed by atoms with Crippen molar-refractivity contribution in [2.24, 2.45) is 0 Å². The Morgan fingerprint density at radius 1 is 1.25 bits per heavy atom. The normalized spacial score (nSPS) is 11.8. The van der Waals surface area contributed by atoms with Crippen molar-refractivity contribution in [3.8, 4) is 0 Å². The van der Waals surface area contributed by atoms with Gasteiger partial charge in [-0.05, 0) is 5.56 Å². The molecule has 1 aromatic heterocycles. The SMILES string of the molecule is OCC(F)(F)CNCc1nc(Cc2ccccc2)no1. The highest BCUT2D eigenvalue weighted by Gasteiger charge is 2.27. The number of halogens is 2. The second-order valence-corrected chi connectivity index (χ2v) is 4.38. The van der Waals surface area contributed by atoms with Gasteiger partial charge < -0.3 is 14.9 Å². The largest absolute Gasteiger partial charge is 0.390 e. The van der Waals surface area contributed by atoms with Gasteiger partial charge in [0.1, 0.15) is 6.61 Å². The van der Waals surface area contributed by atoms with E-state index in [1.165, 1.54) is 0 Å². The fourth-order valence-corrected chi connectivity index (χ4v) is 1.62. The fraction of sp³-hybridized carbons (Fsp3) is 0.385. The van der Waals surface area contributed by atoms with Crippen LogP contribution >= 0.6 is 0 Å². The second kappa shape index (κ2) is 6.53. The molecule has 0 unspecified atom stereocenters. The Morgan fingerprint density at radius 2 is 2.00 bits per heavy atom. The number of nitrogens with one attached hydrogen (secondary N) is 1. The van der Waals surface area contributed by atoms with Gasteiger partial charge in [0.05, 0.1) is 13.1 Å². The summed E-state index contributed by atoms with van der Waals surface area (Å²) < 4.78 is 30.5. The van der Waals surface area contributed by atoms with Gasteiger partial charge >= 0.3 is 0 Å². The highest BCUT2D eigenvalue weighted by Crippen LogP contribution is 2.10. The minimum atomic E-state index is -3.15. The van der Waals surface area contributed by atoms with E-state index >= 15 is 0 Å². The zero-order valence-electron chi connectivity index (χ0n) is 10.7. The van der Waals surface area contributed by atoms with Gasteiger partial charge in [0.2, 0.25) is 5.89 Å². The second-order valence-electron chi connectivity index (χ2n) is 4.38. The predicted octanol–water partition coefficient (Wildman–Crippen LogP) is 1.38. The molecule has 0 aliphatic rings. The van der Waals surface area contributed by atoms with Crippen molar-refractivity contribution in [2.75, 3.05) is 13.2 Å². The van der Waals surface area contributed by atoms with E-state index in [1.54, 1.807) is 0 Å². The van der Waals surface area contributed by atoms with E-state index in [4.69, 9.17) is 9.63 Å². The highest BCUT2D eigenvalue weighted by atomic mass is 19.3. The number of alkyl halides is 2. The van der Waals surface area contributed by atoms with Crippen molar-refractivity contribution >= 4 is 0 Å². The number of aliphatic hydroxyl groups excluding tert-OH is 1. The third kappa shape index (κ3) is 4.36. The van der Waals surface area contributed by atoms with Crippen molar-refractivity contribution in [3.05, 3.63) is 47.6 Å². The van der Waals surface area contributed by atoms with Gasteiger partial charge in [-0.2, -0.15) is 4.98 Å². The summed E-state index contributed by atoms with van der Waals surface area (Å²) in [6.45, 7) is -1.79. The molecule has 7 heteroatoms. The molecular weight excluding hydrogens is 268 g/mol. The van der Waals surface area contributed by atoms with Crippen LogP contribution in [0.3, 0.4) is 0 Å². The first kappa shape index (κ1) is 14.5. The number of benzene rings is 1. The quantitative estimate of drug-likeness (QED) is 0.803. The molecule has 0 saturated heterocycles. The van der Waals surface area contributed by atoms with Gasteiger partial charge in [0.15, 0.2) is 5.82 Å². The molecule has 0 fully saturated rings. The van der Waals surface area contributed by atoms with Crippen LogP contribution in [0.15, 0.2) is 34.9 Å². The molecule has 1 aromatic carbocycles. The minimum Gasteiger partial charge on any atom is -0.390 e. The first-order valence-electron chi connectivity index (χ1n) is 6.14. The van der Waals surface area contributed by atoms with E-state index in [9.17, 15) is 8.78 Å². The molecule has 0 saturated carbocycles. The zero-order valence-corrected chi connectivity index (χ0v) is 10.7. The molecule has 0 atom stereocenters. The summed E-state index contributed by atoms with van der Waals surface area (Å²) in [6, 6.07) is 9.62. The van der Waals surface area contributed by atoms with Crippen LogP contribution in [0.25, 0.3) is 0 Å². The van der Waals surface area contributed by atoms with Crippen LogP contribution in [0.1, 0.15) is 17.3 Å². The molecule has 2 N–H and O–H groups in total. The standard InChI is InChI=1S/C13H15F2N3O2/c14-13(15,9-19)8-16-7-12-17-11(18-20-12)6-10-4-2-1-3-5-10/h1-5,16,19H,6-9H2. The zero-order chi connectivity index (χ0) is 14.4. The summed E-state index contributed by atoms with van der Waals surface area (Å²) in [5.41, 5.74) is 1.04. The molecule has 2 aromatic rings. The fourth-order valence-electron chi connectivity index (χ4n) is 1.62. The van der Waals surface area contributed by atoms with Crippen LogP contribution in [-0.2, 0) is 13.0 Å². The first-order chi connectivity index (χ1) is 9.59. The Labute approximate surface area is 114 Å². The third-order valence-corrected chi connectivity index (χ3v) is 2.61. The number of nitrogens with zero attached hydrogens (tertiary/aromatic N) is 2. The lowest BCUT2D eigenvalue weighted by atomic mass is 10.1. The van der Waals surface area contributed by atoms with Crippen molar-refractivity contribution in [3.63, 3.8) is 0 Å². The number of rotatable bonds is 7. The molecule has 108 valence electrons. The summed E-state index contributed by atoms with van der Waals surface area (Å²) in [6.07, 6.45) is 0.525. The molecule has 2 rings (SSSR count). The molecular formula is C13H15F2N3O2. The lowest BCUT2D eigenvalue weighted by Gasteiger charge is -2.12. The molecule has 0 amide bonds. The Kier molecular flexibility index (Phi) is 4.75. The van der Waals surface area contributed by atoms with Gasteiger partial charge in [-0.3, -0.25) is 0 Å². The summed E-state index contributed by atoms with van der Waals surface area (Å²) in [5, 5.41) is 14.7. The van der Waals surface area contributed by atoms with Crippen molar-refractivity contribution < 1.29 is 18.4 Å². The topological polar surface area (TPSA) is 71.2 Å². The monoisotopic (exact) mass is 283 g/mol. The van der Waals surface area contributed by atoms with E-state index in [1.807, 2.05) is 30.3 Å². The molecule has 20 heavy (non-hydrogen) atoms. The predicted molar refractivity (Wildman–Crippen MR) is 67.3 cm³/mol. The maximum atomic E-state index is 12.8. The molecule has 0 bridgehead atoms. The number of hydrogen-bond donors (Lipinski definition) is 2. The van der Waals surface area contributed by atoms with Gasteiger partial charge in [0.25, 0.3) is 5.92 Å². The van der Waals surface area contributed by atoms with Crippen LogP contribution < -0.4 is 5.32 Å².